The van der Waals surface area contributed by atoms with Gasteiger partial charge in [0.15, 0.2) is 9.84 Å². The molecule has 1 aromatic carbocycles. The number of carbonyl (C=O) groups is 1. The first-order valence-electron chi connectivity index (χ1n) is 7.71. The molecule has 0 radical (unpaired) electrons. The molecule has 1 aromatic heterocycles. The fourth-order valence-electron chi connectivity index (χ4n) is 3.57. The third-order valence-electron chi connectivity index (χ3n) is 4.74. The minimum absolute atomic E-state index is 0.0828. The lowest BCUT2D eigenvalue weighted by molar-refractivity contribution is 0.0931. The van der Waals surface area contributed by atoms with Crippen molar-refractivity contribution in [1.82, 2.24) is 10.6 Å². The molecule has 0 spiro atoms. The second kappa shape index (κ2) is 5.29. The molecule has 5 nitrogen and oxygen atoms in total. The van der Waals surface area contributed by atoms with Crippen molar-refractivity contribution in [1.29, 1.82) is 0 Å². The third kappa shape index (κ3) is 2.77. The summed E-state index contributed by atoms with van der Waals surface area (Å²) >= 11 is 1.21. The largest absolute Gasteiger partial charge is 0.348 e. The molecule has 2 N–H and O–H groups in total. The molecule has 2 aliphatic rings. The molecular weight excluding hydrogens is 332 g/mol. The molecule has 0 aliphatic carbocycles. The Morgan fingerprint density at radius 3 is 2.78 bits per heavy atom. The number of nitrogens with one attached hydrogen (secondary N) is 2. The predicted octanol–water partition coefficient (Wildman–Crippen LogP) is 1.93. The van der Waals surface area contributed by atoms with Crippen LogP contribution >= 0.6 is 11.3 Å². The van der Waals surface area contributed by atoms with Crippen LogP contribution in [0.15, 0.2) is 28.5 Å². The Hall–Kier alpha value is -1.44. The summed E-state index contributed by atoms with van der Waals surface area (Å²) < 4.78 is 24.5. The van der Waals surface area contributed by atoms with Crippen LogP contribution in [0.3, 0.4) is 0 Å². The second-order valence-corrected chi connectivity index (χ2v) is 9.78. The number of hydrogen-bond acceptors (Lipinski definition) is 5. The van der Waals surface area contributed by atoms with Crippen molar-refractivity contribution in [3.63, 3.8) is 0 Å². The fourth-order valence-corrected chi connectivity index (χ4v) is 5.62. The zero-order valence-electron chi connectivity index (χ0n) is 12.7. The molecule has 2 aromatic rings. The van der Waals surface area contributed by atoms with E-state index in [0.29, 0.717) is 21.9 Å². The first-order valence-corrected chi connectivity index (χ1v) is 10.4. The van der Waals surface area contributed by atoms with E-state index in [9.17, 15) is 13.2 Å². The summed E-state index contributed by atoms with van der Waals surface area (Å²) in [5, 5.41) is 7.47. The Labute approximate surface area is 139 Å². The Morgan fingerprint density at radius 2 is 2.13 bits per heavy atom. The smallest absolute Gasteiger partial charge is 0.251 e. The van der Waals surface area contributed by atoms with Gasteiger partial charge in [0.25, 0.3) is 5.91 Å². The number of carbonyl (C=O) groups excluding carboxylic acids is 1. The molecule has 3 heterocycles. The van der Waals surface area contributed by atoms with Crippen LogP contribution in [-0.2, 0) is 9.84 Å². The average molecular weight is 350 g/mol. The zero-order chi connectivity index (χ0) is 16.2. The van der Waals surface area contributed by atoms with E-state index in [4.69, 9.17) is 0 Å². The van der Waals surface area contributed by atoms with Crippen LogP contribution in [0.1, 0.15) is 29.6 Å². The van der Waals surface area contributed by atoms with Gasteiger partial charge in [-0.2, -0.15) is 0 Å². The normalized spacial score (nSPS) is 26.7. The Kier molecular flexibility index (Phi) is 3.48. The highest BCUT2D eigenvalue weighted by Gasteiger charge is 2.39. The van der Waals surface area contributed by atoms with Crippen LogP contribution < -0.4 is 10.6 Å². The highest BCUT2D eigenvalue weighted by atomic mass is 32.2. The standard InChI is InChI=1S/C16H18N2O3S2/c1-23(20,21)15-7-9-2-3-10(6-14(9)22-15)16(19)18-13-8-11-4-5-12(13)17-11/h2-3,6-7,11-13,17H,4-5,8H2,1H3,(H,18,19)/t11-,12+,13-/m1/s1. The molecule has 2 saturated heterocycles. The molecule has 23 heavy (non-hydrogen) atoms. The van der Waals surface area contributed by atoms with Crippen molar-refractivity contribution in [3.8, 4) is 0 Å². The van der Waals surface area contributed by atoms with E-state index in [0.717, 1.165) is 22.9 Å². The maximum atomic E-state index is 12.5. The Balaban J connectivity index is 1.57. The molecule has 122 valence electrons. The zero-order valence-corrected chi connectivity index (χ0v) is 14.3. The maximum absolute atomic E-state index is 12.5. The molecule has 4 rings (SSSR count). The summed E-state index contributed by atoms with van der Waals surface area (Å²) in [6.07, 6.45) is 4.52. The quantitative estimate of drug-likeness (QED) is 0.887. The molecule has 2 fully saturated rings. The van der Waals surface area contributed by atoms with Crippen LogP contribution in [0.5, 0.6) is 0 Å². The fraction of sp³-hybridized carbons (Fsp3) is 0.438. The molecular formula is C16H18N2O3S2. The van der Waals surface area contributed by atoms with Crippen molar-refractivity contribution < 1.29 is 13.2 Å². The van der Waals surface area contributed by atoms with Gasteiger partial charge in [0.1, 0.15) is 4.21 Å². The third-order valence-corrected chi connectivity index (χ3v) is 7.64. The summed E-state index contributed by atoms with van der Waals surface area (Å²) in [7, 11) is -3.21. The van der Waals surface area contributed by atoms with Gasteiger partial charge in [-0.15, -0.1) is 11.3 Å². The SMILES string of the molecule is CS(=O)(=O)c1cc2ccc(C(=O)N[C@@H]3C[C@H]4CC[C@@H]3N4)cc2s1. The van der Waals surface area contributed by atoms with E-state index in [2.05, 4.69) is 10.6 Å². The summed E-state index contributed by atoms with van der Waals surface area (Å²) in [5.74, 6) is -0.0828. The summed E-state index contributed by atoms with van der Waals surface area (Å²) in [5.41, 5.74) is 0.585. The number of thiophene rings is 1. The van der Waals surface area contributed by atoms with Gasteiger partial charge in [-0.25, -0.2) is 8.42 Å². The number of hydrogen-bond donors (Lipinski definition) is 2. The molecule has 0 unspecified atom stereocenters. The van der Waals surface area contributed by atoms with E-state index in [1.807, 2.05) is 6.07 Å². The Morgan fingerprint density at radius 1 is 1.30 bits per heavy atom. The number of amides is 1. The number of rotatable bonds is 3. The molecule has 3 atom stereocenters. The Bertz CT molecular complexity index is 888. The topological polar surface area (TPSA) is 75.3 Å². The molecule has 2 aliphatic heterocycles. The predicted molar refractivity (Wildman–Crippen MR) is 90.8 cm³/mol. The van der Waals surface area contributed by atoms with Gasteiger partial charge >= 0.3 is 0 Å². The highest BCUT2D eigenvalue weighted by Crippen LogP contribution is 2.31. The van der Waals surface area contributed by atoms with Crippen LogP contribution in [0.2, 0.25) is 0 Å². The van der Waals surface area contributed by atoms with E-state index in [1.165, 1.54) is 24.0 Å². The van der Waals surface area contributed by atoms with Crippen LogP contribution in [0, 0.1) is 0 Å². The lowest BCUT2D eigenvalue weighted by atomic mass is 9.95. The van der Waals surface area contributed by atoms with E-state index >= 15 is 0 Å². The van der Waals surface area contributed by atoms with E-state index in [1.54, 1.807) is 18.2 Å². The summed E-state index contributed by atoms with van der Waals surface area (Å²) in [4.78, 5) is 12.5. The van der Waals surface area contributed by atoms with Gasteiger partial charge in [-0.1, -0.05) is 6.07 Å². The van der Waals surface area contributed by atoms with E-state index < -0.39 is 9.84 Å². The highest BCUT2D eigenvalue weighted by molar-refractivity contribution is 7.92. The van der Waals surface area contributed by atoms with Gasteiger partial charge in [-0.3, -0.25) is 4.79 Å². The van der Waals surface area contributed by atoms with Crippen molar-refractivity contribution in [2.75, 3.05) is 6.26 Å². The average Bonchev–Trinajstić information content (AvgIpc) is 3.20. The molecule has 0 saturated carbocycles. The van der Waals surface area contributed by atoms with Crippen molar-refractivity contribution in [3.05, 3.63) is 29.8 Å². The lowest BCUT2D eigenvalue weighted by Crippen LogP contribution is -2.42. The monoisotopic (exact) mass is 350 g/mol. The van der Waals surface area contributed by atoms with Crippen molar-refractivity contribution in [2.45, 2.75) is 41.6 Å². The molecule has 2 bridgehead atoms. The second-order valence-electron chi connectivity index (χ2n) is 6.45. The van der Waals surface area contributed by atoms with Crippen molar-refractivity contribution >= 4 is 37.2 Å². The minimum atomic E-state index is -3.21. The molecule has 1 amide bonds. The molecule has 7 heteroatoms. The van der Waals surface area contributed by atoms with Crippen LogP contribution in [0.25, 0.3) is 10.1 Å². The van der Waals surface area contributed by atoms with Gasteiger partial charge in [0, 0.05) is 34.6 Å². The number of benzene rings is 1. The minimum Gasteiger partial charge on any atom is -0.348 e. The summed E-state index contributed by atoms with van der Waals surface area (Å²) in [6.45, 7) is 0. The van der Waals surface area contributed by atoms with Gasteiger partial charge in [0.2, 0.25) is 0 Å². The van der Waals surface area contributed by atoms with Crippen LogP contribution in [-0.4, -0.2) is 38.7 Å². The van der Waals surface area contributed by atoms with Gasteiger partial charge in [0.05, 0.1) is 0 Å². The van der Waals surface area contributed by atoms with Gasteiger partial charge < -0.3 is 10.6 Å². The first kappa shape index (κ1) is 15.1. The first-order chi connectivity index (χ1) is 10.9. The van der Waals surface area contributed by atoms with Gasteiger partial charge in [-0.05, 0) is 42.8 Å². The number of sulfone groups is 1. The maximum Gasteiger partial charge on any atom is 0.251 e. The van der Waals surface area contributed by atoms with Crippen molar-refractivity contribution in [2.24, 2.45) is 0 Å². The number of fused-ring (bicyclic) bond motifs is 3. The van der Waals surface area contributed by atoms with E-state index in [-0.39, 0.29) is 11.9 Å². The van der Waals surface area contributed by atoms with Crippen LogP contribution in [0.4, 0.5) is 0 Å². The lowest BCUT2D eigenvalue weighted by Gasteiger charge is -2.21. The summed E-state index contributed by atoms with van der Waals surface area (Å²) in [6, 6.07) is 8.16.